The molecule has 1 fully saturated rings. The molecule has 1 saturated heterocycles. The highest BCUT2D eigenvalue weighted by Crippen LogP contribution is 2.18. The van der Waals surface area contributed by atoms with Gasteiger partial charge >= 0.3 is 0 Å². The van der Waals surface area contributed by atoms with E-state index in [0.29, 0.717) is 13.0 Å². The summed E-state index contributed by atoms with van der Waals surface area (Å²) in [7, 11) is -2.93. The maximum absolute atomic E-state index is 11.3. The van der Waals surface area contributed by atoms with Crippen LogP contribution in [-0.2, 0) is 14.6 Å². The number of amides is 1. The molecule has 1 heterocycles. The minimum absolute atomic E-state index is 0.0279. The summed E-state index contributed by atoms with van der Waals surface area (Å²) < 4.78 is 22.9. The first-order valence-electron chi connectivity index (χ1n) is 4.09. The van der Waals surface area contributed by atoms with Crippen molar-refractivity contribution in [1.29, 1.82) is 0 Å². The Morgan fingerprint density at radius 2 is 2.23 bits per heavy atom. The minimum Gasteiger partial charge on any atom is -0.355 e. The van der Waals surface area contributed by atoms with Crippen molar-refractivity contribution in [3.05, 3.63) is 0 Å². The second-order valence-electron chi connectivity index (χ2n) is 3.08. The Balaban J connectivity index is 2.42. The largest absolute Gasteiger partial charge is 0.355 e. The normalized spacial score (nSPS) is 25.8. The van der Waals surface area contributed by atoms with E-state index in [1.54, 1.807) is 0 Å². The molecule has 0 radical (unpaired) electrons. The number of carbonyl (C=O) groups is 1. The lowest BCUT2D eigenvalue weighted by atomic mass is 10.1. The Morgan fingerprint density at radius 3 is 2.69 bits per heavy atom. The molecule has 0 aromatic carbocycles. The lowest BCUT2D eigenvalue weighted by Crippen LogP contribution is -2.32. The average Bonchev–Trinajstić information content (AvgIpc) is 2.42. The zero-order chi connectivity index (χ0) is 9.90. The standard InChI is InChI=1S/C7H12INO3S/c8-2-3-9-7(10)6-1-4-13(11,12)5-6/h6H,1-5H2,(H,9,10). The van der Waals surface area contributed by atoms with Crippen molar-refractivity contribution >= 4 is 38.3 Å². The third-order valence-electron chi connectivity index (χ3n) is 2.00. The molecule has 1 aliphatic heterocycles. The van der Waals surface area contributed by atoms with Crippen LogP contribution in [0.3, 0.4) is 0 Å². The van der Waals surface area contributed by atoms with Crippen molar-refractivity contribution in [3.63, 3.8) is 0 Å². The predicted octanol–water partition coefficient (Wildman–Crippen LogP) is -0.0277. The first kappa shape index (κ1) is 11.2. The van der Waals surface area contributed by atoms with Gasteiger partial charge in [0.15, 0.2) is 9.84 Å². The number of carbonyl (C=O) groups excluding carboxylic acids is 1. The van der Waals surface area contributed by atoms with E-state index in [0.717, 1.165) is 4.43 Å². The summed E-state index contributed by atoms with van der Waals surface area (Å²) in [6, 6.07) is 0. The summed E-state index contributed by atoms with van der Waals surface area (Å²) in [6.07, 6.45) is 0.482. The molecule has 13 heavy (non-hydrogen) atoms. The van der Waals surface area contributed by atoms with Gasteiger partial charge in [-0.15, -0.1) is 0 Å². The van der Waals surface area contributed by atoms with Gasteiger partial charge in [-0.3, -0.25) is 4.79 Å². The van der Waals surface area contributed by atoms with E-state index in [9.17, 15) is 13.2 Å². The molecule has 6 heteroatoms. The summed E-state index contributed by atoms with van der Waals surface area (Å²) >= 11 is 2.16. The number of halogens is 1. The molecule has 1 atom stereocenters. The number of hydrogen-bond donors (Lipinski definition) is 1. The van der Waals surface area contributed by atoms with Crippen LogP contribution < -0.4 is 5.32 Å². The van der Waals surface area contributed by atoms with Gasteiger partial charge in [0.2, 0.25) is 5.91 Å². The number of hydrogen-bond acceptors (Lipinski definition) is 3. The van der Waals surface area contributed by atoms with Gasteiger partial charge in [0, 0.05) is 11.0 Å². The Labute approximate surface area is 91.5 Å². The molecule has 0 aromatic rings. The van der Waals surface area contributed by atoms with Gasteiger partial charge in [0.25, 0.3) is 0 Å². The van der Waals surface area contributed by atoms with Crippen LogP contribution in [0.25, 0.3) is 0 Å². The van der Waals surface area contributed by atoms with Crippen molar-refractivity contribution < 1.29 is 13.2 Å². The number of nitrogens with one attached hydrogen (secondary N) is 1. The fourth-order valence-electron chi connectivity index (χ4n) is 1.32. The van der Waals surface area contributed by atoms with E-state index in [2.05, 4.69) is 27.9 Å². The first-order chi connectivity index (χ1) is 6.05. The quantitative estimate of drug-likeness (QED) is 0.587. The molecule has 1 amide bonds. The monoisotopic (exact) mass is 317 g/mol. The summed E-state index contributed by atoms with van der Waals surface area (Å²) in [6.45, 7) is 0.621. The Hall–Kier alpha value is 0.150. The highest BCUT2D eigenvalue weighted by Gasteiger charge is 2.32. The van der Waals surface area contributed by atoms with Crippen molar-refractivity contribution in [1.82, 2.24) is 5.32 Å². The van der Waals surface area contributed by atoms with Crippen LogP contribution in [0.5, 0.6) is 0 Å². The van der Waals surface area contributed by atoms with E-state index in [1.165, 1.54) is 0 Å². The van der Waals surface area contributed by atoms with Crippen LogP contribution in [0.4, 0.5) is 0 Å². The van der Waals surface area contributed by atoms with Gasteiger partial charge in [-0.05, 0) is 6.42 Å². The fourth-order valence-corrected chi connectivity index (χ4v) is 3.33. The molecule has 1 N–H and O–H groups in total. The molecule has 1 aliphatic rings. The fraction of sp³-hybridized carbons (Fsp3) is 0.857. The Morgan fingerprint density at radius 1 is 1.54 bits per heavy atom. The minimum atomic E-state index is -2.93. The van der Waals surface area contributed by atoms with Crippen molar-refractivity contribution in [2.24, 2.45) is 5.92 Å². The number of rotatable bonds is 3. The highest BCUT2D eigenvalue weighted by atomic mass is 127. The summed E-state index contributed by atoms with van der Waals surface area (Å²) in [5.41, 5.74) is 0. The molecule has 0 spiro atoms. The second-order valence-corrected chi connectivity index (χ2v) is 6.39. The molecule has 0 saturated carbocycles. The molecule has 1 rings (SSSR count). The maximum Gasteiger partial charge on any atom is 0.224 e. The molecular formula is C7H12INO3S. The van der Waals surface area contributed by atoms with Crippen LogP contribution in [0.1, 0.15) is 6.42 Å². The summed E-state index contributed by atoms with van der Waals surface area (Å²) in [5.74, 6) is -0.235. The smallest absolute Gasteiger partial charge is 0.224 e. The van der Waals surface area contributed by atoms with E-state index in [4.69, 9.17) is 0 Å². The van der Waals surface area contributed by atoms with Gasteiger partial charge in [-0.1, -0.05) is 22.6 Å². The third kappa shape index (κ3) is 3.41. The first-order valence-corrected chi connectivity index (χ1v) is 7.44. The summed E-state index contributed by atoms with van der Waals surface area (Å²) in [5, 5.41) is 2.70. The molecule has 0 aromatic heterocycles. The van der Waals surface area contributed by atoms with Crippen molar-refractivity contribution in [2.75, 3.05) is 22.5 Å². The zero-order valence-corrected chi connectivity index (χ0v) is 10.1. The van der Waals surface area contributed by atoms with E-state index >= 15 is 0 Å². The maximum atomic E-state index is 11.3. The molecule has 1 unspecified atom stereocenters. The van der Waals surface area contributed by atoms with Gasteiger partial charge in [-0.2, -0.15) is 0 Å². The van der Waals surface area contributed by atoms with Crippen molar-refractivity contribution in [3.8, 4) is 0 Å². The van der Waals surface area contributed by atoms with Crippen LogP contribution in [0.2, 0.25) is 0 Å². The lowest BCUT2D eigenvalue weighted by Gasteiger charge is -2.07. The number of alkyl halides is 1. The molecule has 0 bridgehead atoms. The van der Waals surface area contributed by atoms with Crippen LogP contribution >= 0.6 is 22.6 Å². The lowest BCUT2D eigenvalue weighted by molar-refractivity contribution is -0.124. The second kappa shape index (κ2) is 4.59. The average molecular weight is 317 g/mol. The zero-order valence-electron chi connectivity index (χ0n) is 7.12. The highest BCUT2D eigenvalue weighted by molar-refractivity contribution is 14.1. The summed E-state index contributed by atoms with van der Waals surface area (Å²) in [4.78, 5) is 11.3. The molecule has 4 nitrogen and oxygen atoms in total. The Bertz CT molecular complexity index is 288. The molecular weight excluding hydrogens is 305 g/mol. The Kier molecular flexibility index (Phi) is 3.96. The third-order valence-corrected chi connectivity index (χ3v) is 4.30. The van der Waals surface area contributed by atoms with Crippen molar-refractivity contribution in [2.45, 2.75) is 6.42 Å². The van der Waals surface area contributed by atoms with Crippen LogP contribution in [-0.4, -0.2) is 36.8 Å². The SMILES string of the molecule is O=C(NCCI)C1CCS(=O)(=O)C1. The molecule has 0 aliphatic carbocycles. The van der Waals surface area contributed by atoms with E-state index in [-0.39, 0.29) is 23.3 Å². The van der Waals surface area contributed by atoms with Gasteiger partial charge < -0.3 is 5.32 Å². The van der Waals surface area contributed by atoms with Crippen LogP contribution in [0, 0.1) is 5.92 Å². The van der Waals surface area contributed by atoms with E-state index in [1.807, 2.05) is 0 Å². The van der Waals surface area contributed by atoms with Gasteiger partial charge in [0.1, 0.15) is 0 Å². The van der Waals surface area contributed by atoms with Crippen LogP contribution in [0.15, 0.2) is 0 Å². The number of sulfone groups is 1. The van der Waals surface area contributed by atoms with Gasteiger partial charge in [0.05, 0.1) is 17.4 Å². The van der Waals surface area contributed by atoms with Gasteiger partial charge in [-0.25, -0.2) is 8.42 Å². The van der Waals surface area contributed by atoms with E-state index < -0.39 is 9.84 Å². The topological polar surface area (TPSA) is 63.2 Å². The predicted molar refractivity (Wildman–Crippen MR) is 58.7 cm³/mol. The molecule has 76 valence electrons.